The average molecular weight is 319 g/mol. The maximum atomic E-state index is 13.4. The minimum Gasteiger partial charge on any atom is -0.379 e. The lowest BCUT2D eigenvalue weighted by molar-refractivity contribution is -0.148. The number of hydrogen-bond donors (Lipinski definition) is 0. The van der Waals surface area contributed by atoms with E-state index in [1.807, 2.05) is 0 Å². The Morgan fingerprint density at radius 2 is 2.09 bits per heavy atom. The fraction of sp³-hybridized carbons (Fsp3) is 0.533. The Hall–Kier alpha value is -1.63. The molecule has 2 rings (SSSR count). The summed E-state index contributed by atoms with van der Waals surface area (Å²) in [5.74, 6) is -1.47. The van der Waals surface area contributed by atoms with Crippen molar-refractivity contribution in [2.24, 2.45) is 0 Å². The molecule has 0 bridgehead atoms. The minimum atomic E-state index is -4.52. The number of aryl methyl sites for hydroxylation is 1. The lowest BCUT2D eigenvalue weighted by Gasteiger charge is -2.34. The zero-order chi connectivity index (χ0) is 16.3. The largest absolute Gasteiger partial charge is 0.406 e. The number of carbonyl (C=O) groups is 1. The Kier molecular flexibility index (Phi) is 5.05. The van der Waals surface area contributed by atoms with E-state index >= 15 is 0 Å². The molecular formula is C15H17F4NO2. The Morgan fingerprint density at radius 3 is 2.64 bits per heavy atom. The lowest BCUT2D eigenvalue weighted by Crippen LogP contribution is -2.49. The van der Waals surface area contributed by atoms with Crippen LogP contribution in [0.2, 0.25) is 0 Å². The van der Waals surface area contributed by atoms with E-state index in [4.69, 9.17) is 4.74 Å². The van der Waals surface area contributed by atoms with Crippen LogP contribution in [0.5, 0.6) is 0 Å². The topological polar surface area (TPSA) is 29.5 Å². The number of benzene rings is 1. The fourth-order valence-corrected chi connectivity index (χ4v) is 2.56. The summed E-state index contributed by atoms with van der Waals surface area (Å²) in [5.41, 5.74) is 0.405. The molecule has 0 radical (unpaired) electrons. The van der Waals surface area contributed by atoms with Crippen LogP contribution in [-0.2, 0) is 4.74 Å². The number of carbonyl (C=O) groups excluding carboxylic acids is 1. The van der Waals surface area contributed by atoms with Crippen LogP contribution in [0.1, 0.15) is 28.8 Å². The van der Waals surface area contributed by atoms with Crippen molar-refractivity contribution in [3.8, 4) is 0 Å². The molecule has 7 heteroatoms. The van der Waals surface area contributed by atoms with Crippen molar-refractivity contribution in [2.75, 3.05) is 19.8 Å². The van der Waals surface area contributed by atoms with Crippen molar-refractivity contribution in [3.63, 3.8) is 0 Å². The van der Waals surface area contributed by atoms with Gasteiger partial charge in [0.2, 0.25) is 0 Å². The van der Waals surface area contributed by atoms with Crippen LogP contribution in [0, 0.1) is 12.7 Å². The maximum absolute atomic E-state index is 13.4. The molecule has 3 nitrogen and oxygen atoms in total. The molecule has 0 spiro atoms. The van der Waals surface area contributed by atoms with Gasteiger partial charge in [-0.05, 0) is 43.5 Å². The van der Waals surface area contributed by atoms with E-state index in [9.17, 15) is 22.4 Å². The van der Waals surface area contributed by atoms with Gasteiger partial charge in [0, 0.05) is 12.2 Å². The molecule has 1 aromatic rings. The molecule has 22 heavy (non-hydrogen) atoms. The maximum Gasteiger partial charge on any atom is 0.406 e. The van der Waals surface area contributed by atoms with Gasteiger partial charge in [-0.25, -0.2) is 4.39 Å². The molecule has 122 valence electrons. The quantitative estimate of drug-likeness (QED) is 0.800. The number of rotatable bonds is 3. The number of hydrogen-bond acceptors (Lipinski definition) is 2. The zero-order valence-electron chi connectivity index (χ0n) is 12.1. The van der Waals surface area contributed by atoms with Crippen LogP contribution in [0.25, 0.3) is 0 Å². The second kappa shape index (κ2) is 6.64. The summed E-state index contributed by atoms with van der Waals surface area (Å²) < 4.78 is 56.9. The Bertz CT molecular complexity index is 519. The smallest absolute Gasteiger partial charge is 0.379 e. The third kappa shape index (κ3) is 4.43. The molecule has 1 heterocycles. The SMILES string of the molecule is Cc1cc(F)cc(C(=O)N(CC(F)(F)F)[C@H]2CCCOC2)c1. The highest BCUT2D eigenvalue weighted by molar-refractivity contribution is 5.94. The second-order valence-corrected chi connectivity index (χ2v) is 5.44. The summed E-state index contributed by atoms with van der Waals surface area (Å²) in [6, 6.07) is 2.92. The van der Waals surface area contributed by atoms with Crippen LogP contribution in [0.3, 0.4) is 0 Å². The fourth-order valence-electron chi connectivity index (χ4n) is 2.56. The number of nitrogens with zero attached hydrogens (tertiary/aromatic N) is 1. The number of halogens is 4. The summed E-state index contributed by atoms with van der Waals surface area (Å²) >= 11 is 0. The molecule has 0 saturated carbocycles. The van der Waals surface area contributed by atoms with Crippen molar-refractivity contribution >= 4 is 5.91 Å². The van der Waals surface area contributed by atoms with Gasteiger partial charge in [-0.1, -0.05) is 0 Å². The van der Waals surface area contributed by atoms with Crippen molar-refractivity contribution in [2.45, 2.75) is 32.0 Å². The summed E-state index contributed by atoms with van der Waals surface area (Å²) in [6.45, 7) is 0.757. The van der Waals surface area contributed by atoms with Gasteiger partial charge < -0.3 is 9.64 Å². The van der Waals surface area contributed by atoms with Gasteiger partial charge >= 0.3 is 6.18 Å². The van der Waals surface area contributed by atoms with Gasteiger partial charge in [0.15, 0.2) is 0 Å². The first-order valence-corrected chi connectivity index (χ1v) is 6.99. The van der Waals surface area contributed by atoms with Crippen LogP contribution < -0.4 is 0 Å². The molecule has 1 aliphatic rings. The molecule has 0 aromatic heterocycles. The minimum absolute atomic E-state index is 0.0656. The summed E-state index contributed by atoms with van der Waals surface area (Å²) in [7, 11) is 0. The monoisotopic (exact) mass is 319 g/mol. The van der Waals surface area contributed by atoms with Crippen LogP contribution >= 0.6 is 0 Å². The predicted octanol–water partition coefficient (Wildman–Crippen LogP) is 3.32. The first-order chi connectivity index (χ1) is 10.3. The van der Waals surface area contributed by atoms with Crippen LogP contribution in [0.15, 0.2) is 18.2 Å². The Balaban J connectivity index is 2.28. The Morgan fingerprint density at radius 1 is 1.36 bits per heavy atom. The normalized spacial score (nSPS) is 19.0. The molecule has 0 N–H and O–H groups in total. The van der Waals surface area contributed by atoms with Crippen molar-refractivity contribution in [1.82, 2.24) is 4.90 Å². The van der Waals surface area contributed by atoms with E-state index < -0.39 is 30.5 Å². The molecule has 1 fully saturated rings. The lowest BCUT2D eigenvalue weighted by atomic mass is 10.1. The van der Waals surface area contributed by atoms with Gasteiger partial charge in [-0.3, -0.25) is 4.79 Å². The number of amides is 1. The van der Waals surface area contributed by atoms with E-state index in [0.717, 1.165) is 11.0 Å². The third-order valence-corrected chi connectivity index (χ3v) is 3.48. The van der Waals surface area contributed by atoms with E-state index in [-0.39, 0.29) is 12.2 Å². The third-order valence-electron chi connectivity index (χ3n) is 3.48. The van der Waals surface area contributed by atoms with Crippen molar-refractivity contribution < 1.29 is 27.1 Å². The first kappa shape index (κ1) is 16.7. The standard InChI is InChI=1S/C15H17F4NO2/c1-10-5-11(7-12(16)6-10)14(21)20(9-15(17,18)19)13-3-2-4-22-8-13/h5-7,13H,2-4,8-9H2,1H3/t13-/m0/s1. The van der Waals surface area contributed by atoms with E-state index in [1.54, 1.807) is 6.92 Å². The van der Waals surface area contributed by atoms with Crippen molar-refractivity contribution in [1.29, 1.82) is 0 Å². The zero-order valence-corrected chi connectivity index (χ0v) is 12.1. The van der Waals surface area contributed by atoms with Gasteiger partial charge in [0.25, 0.3) is 5.91 Å². The van der Waals surface area contributed by atoms with Gasteiger partial charge in [-0.15, -0.1) is 0 Å². The molecule has 1 atom stereocenters. The predicted molar refractivity (Wildman–Crippen MR) is 72.1 cm³/mol. The summed E-state index contributed by atoms with van der Waals surface area (Å²) in [6.07, 6.45) is -3.49. The molecule has 1 saturated heterocycles. The van der Waals surface area contributed by atoms with E-state index in [2.05, 4.69) is 0 Å². The van der Waals surface area contributed by atoms with Gasteiger partial charge in [-0.2, -0.15) is 13.2 Å². The molecule has 1 aliphatic heterocycles. The number of alkyl halides is 3. The molecule has 1 aromatic carbocycles. The Labute approximate surface area is 125 Å². The van der Waals surface area contributed by atoms with Gasteiger partial charge in [0.05, 0.1) is 12.6 Å². The van der Waals surface area contributed by atoms with Gasteiger partial charge in [0.1, 0.15) is 12.4 Å². The van der Waals surface area contributed by atoms with Crippen LogP contribution in [-0.4, -0.2) is 42.8 Å². The second-order valence-electron chi connectivity index (χ2n) is 5.44. The average Bonchev–Trinajstić information content (AvgIpc) is 2.43. The molecule has 0 unspecified atom stereocenters. The molecular weight excluding hydrogens is 302 g/mol. The highest BCUT2D eigenvalue weighted by Gasteiger charge is 2.37. The molecule has 0 aliphatic carbocycles. The highest BCUT2D eigenvalue weighted by atomic mass is 19.4. The summed E-state index contributed by atoms with van der Waals surface area (Å²) in [4.78, 5) is 13.2. The summed E-state index contributed by atoms with van der Waals surface area (Å²) in [5, 5.41) is 0. The molecule has 1 amide bonds. The first-order valence-electron chi connectivity index (χ1n) is 6.99. The van der Waals surface area contributed by atoms with Crippen molar-refractivity contribution in [3.05, 3.63) is 35.1 Å². The highest BCUT2D eigenvalue weighted by Crippen LogP contribution is 2.24. The van der Waals surface area contributed by atoms with E-state index in [0.29, 0.717) is 25.0 Å². The van der Waals surface area contributed by atoms with Crippen LogP contribution in [0.4, 0.5) is 17.6 Å². The number of ether oxygens (including phenoxy) is 1. The van der Waals surface area contributed by atoms with E-state index in [1.165, 1.54) is 12.1 Å².